The molecule has 11 heteroatoms. The van der Waals surface area contributed by atoms with Gasteiger partial charge in [0.1, 0.15) is 11.9 Å². The quantitative estimate of drug-likeness (QED) is 0.462. The second-order valence-corrected chi connectivity index (χ2v) is 10.1. The molecule has 216 valence electrons. The SMILES string of the molecule is COc1ccnc(C(=O)N[C@H]2COCC[C@H](Cc3ccc(F)cc3)[C@@H](OCC3CC3)[C@H](C)OC2=O)c1OC(C)=O. The highest BCUT2D eigenvalue weighted by Crippen LogP contribution is 2.32. The number of halogens is 1. The van der Waals surface area contributed by atoms with Crippen LogP contribution in [-0.4, -0.2) is 68.0 Å². The van der Waals surface area contributed by atoms with Gasteiger partial charge in [0.25, 0.3) is 5.91 Å². The van der Waals surface area contributed by atoms with Gasteiger partial charge < -0.3 is 29.0 Å². The summed E-state index contributed by atoms with van der Waals surface area (Å²) in [6, 6.07) is 6.63. The standard InChI is InChI=1S/C29H35FN2O8/c1-17-26(38-15-20-4-5-20)21(14-19-6-8-22(30)9-7-19)11-13-37-16-23(29(35)39-17)32-28(34)25-27(40-18(2)33)24(36-3)10-12-31-25/h6-10,12,17,20-21,23,26H,4-5,11,13-16H2,1-3H3,(H,32,34)/t17-,21+,23-,26-/m0/s1. The van der Waals surface area contributed by atoms with Crippen molar-refractivity contribution in [2.45, 2.75) is 57.8 Å². The van der Waals surface area contributed by atoms with Crippen LogP contribution in [0.3, 0.4) is 0 Å². The van der Waals surface area contributed by atoms with E-state index in [1.165, 1.54) is 38.4 Å². The Labute approximate surface area is 232 Å². The van der Waals surface area contributed by atoms with Crippen LogP contribution in [0.4, 0.5) is 4.39 Å². The van der Waals surface area contributed by atoms with Crippen molar-refractivity contribution < 1.29 is 42.5 Å². The summed E-state index contributed by atoms with van der Waals surface area (Å²) in [4.78, 5) is 42.0. The molecule has 10 nitrogen and oxygen atoms in total. The van der Waals surface area contributed by atoms with E-state index in [1.54, 1.807) is 19.1 Å². The molecule has 40 heavy (non-hydrogen) atoms. The van der Waals surface area contributed by atoms with Crippen molar-refractivity contribution in [1.29, 1.82) is 0 Å². The number of nitrogens with zero attached hydrogens (tertiary/aromatic N) is 1. The van der Waals surface area contributed by atoms with E-state index in [4.69, 9.17) is 23.7 Å². The normalized spacial score (nSPS) is 23.6. The third-order valence-electron chi connectivity index (χ3n) is 6.92. The van der Waals surface area contributed by atoms with Gasteiger partial charge in [0, 0.05) is 32.4 Å². The van der Waals surface area contributed by atoms with Gasteiger partial charge in [0.05, 0.1) is 19.8 Å². The third kappa shape index (κ3) is 7.98. The lowest BCUT2D eigenvalue weighted by molar-refractivity contribution is -0.166. The first-order valence-corrected chi connectivity index (χ1v) is 13.4. The molecule has 1 amide bonds. The predicted octanol–water partition coefficient (Wildman–Crippen LogP) is 3.26. The molecule has 4 rings (SSSR count). The third-order valence-corrected chi connectivity index (χ3v) is 6.92. The summed E-state index contributed by atoms with van der Waals surface area (Å²) in [6.45, 7) is 3.69. The predicted molar refractivity (Wildman–Crippen MR) is 140 cm³/mol. The molecule has 0 bridgehead atoms. The lowest BCUT2D eigenvalue weighted by atomic mass is 9.88. The average Bonchev–Trinajstić information content (AvgIpc) is 3.75. The number of benzene rings is 1. The van der Waals surface area contributed by atoms with Crippen LogP contribution in [0.25, 0.3) is 0 Å². The Bertz CT molecular complexity index is 1190. The van der Waals surface area contributed by atoms with Gasteiger partial charge in [-0.15, -0.1) is 0 Å². The molecule has 2 heterocycles. The molecule has 2 fully saturated rings. The molecule has 1 aromatic heterocycles. The number of nitrogens with one attached hydrogen (secondary N) is 1. The number of carbonyl (C=O) groups is 3. The highest BCUT2D eigenvalue weighted by Gasteiger charge is 2.36. The largest absolute Gasteiger partial charge is 0.493 e. The molecule has 1 aromatic carbocycles. The zero-order valence-electron chi connectivity index (χ0n) is 22.9. The molecule has 1 aliphatic heterocycles. The summed E-state index contributed by atoms with van der Waals surface area (Å²) in [6.07, 6.45) is 3.69. The number of ether oxygens (including phenoxy) is 5. The number of aromatic nitrogens is 1. The van der Waals surface area contributed by atoms with Gasteiger partial charge in [0.2, 0.25) is 5.75 Å². The van der Waals surface area contributed by atoms with E-state index in [9.17, 15) is 18.8 Å². The highest BCUT2D eigenvalue weighted by molar-refractivity contribution is 5.98. The van der Waals surface area contributed by atoms with Crippen molar-refractivity contribution in [2.75, 3.05) is 26.9 Å². The Morgan fingerprint density at radius 2 is 1.90 bits per heavy atom. The van der Waals surface area contributed by atoms with Gasteiger partial charge >= 0.3 is 11.9 Å². The summed E-state index contributed by atoms with van der Waals surface area (Å²) in [7, 11) is 1.36. The number of pyridine rings is 1. The van der Waals surface area contributed by atoms with Crippen molar-refractivity contribution in [3.63, 3.8) is 0 Å². The molecule has 2 aromatic rings. The van der Waals surface area contributed by atoms with Crippen LogP contribution in [0.15, 0.2) is 36.5 Å². The van der Waals surface area contributed by atoms with Gasteiger partial charge in [-0.2, -0.15) is 0 Å². The van der Waals surface area contributed by atoms with E-state index >= 15 is 0 Å². The molecule has 4 atom stereocenters. The molecular weight excluding hydrogens is 523 g/mol. The number of carbonyl (C=O) groups excluding carboxylic acids is 3. The van der Waals surface area contributed by atoms with Crippen LogP contribution in [-0.2, 0) is 30.2 Å². The van der Waals surface area contributed by atoms with Gasteiger partial charge in [-0.25, -0.2) is 14.2 Å². The van der Waals surface area contributed by atoms with Crippen LogP contribution in [0, 0.1) is 17.7 Å². The van der Waals surface area contributed by atoms with Crippen LogP contribution in [0.5, 0.6) is 11.5 Å². The molecular formula is C29H35FN2O8. The van der Waals surface area contributed by atoms with Crippen molar-refractivity contribution >= 4 is 17.8 Å². The van der Waals surface area contributed by atoms with Crippen molar-refractivity contribution in [2.24, 2.45) is 11.8 Å². The Kier molecular flexibility index (Phi) is 10.1. The van der Waals surface area contributed by atoms with Crippen LogP contribution in [0.2, 0.25) is 0 Å². The first-order valence-electron chi connectivity index (χ1n) is 13.4. The molecule has 1 aliphatic carbocycles. The van der Waals surface area contributed by atoms with Gasteiger partial charge in [0.15, 0.2) is 17.5 Å². The van der Waals surface area contributed by atoms with Crippen LogP contribution >= 0.6 is 0 Å². The maximum atomic E-state index is 13.5. The second kappa shape index (κ2) is 13.7. The van der Waals surface area contributed by atoms with Gasteiger partial charge in [-0.3, -0.25) is 9.59 Å². The molecule has 0 radical (unpaired) electrons. The average molecular weight is 559 g/mol. The summed E-state index contributed by atoms with van der Waals surface area (Å²) in [5.41, 5.74) is 0.721. The number of hydrogen-bond acceptors (Lipinski definition) is 9. The first kappa shape index (κ1) is 29.4. The number of rotatable bonds is 9. The molecule has 2 aliphatic rings. The number of methoxy groups -OCH3 is 1. The Morgan fingerprint density at radius 1 is 1.15 bits per heavy atom. The fourth-order valence-electron chi connectivity index (χ4n) is 4.65. The molecule has 1 saturated heterocycles. The lowest BCUT2D eigenvalue weighted by Crippen LogP contribution is -2.49. The fraction of sp³-hybridized carbons (Fsp3) is 0.517. The van der Waals surface area contributed by atoms with Crippen LogP contribution in [0.1, 0.15) is 49.2 Å². The number of esters is 2. The van der Waals surface area contributed by atoms with Gasteiger partial charge in [-0.1, -0.05) is 12.1 Å². The summed E-state index contributed by atoms with van der Waals surface area (Å²) >= 11 is 0. The lowest BCUT2D eigenvalue weighted by Gasteiger charge is -2.34. The maximum absolute atomic E-state index is 13.5. The topological polar surface area (TPSA) is 122 Å². The van der Waals surface area contributed by atoms with E-state index < -0.39 is 36.1 Å². The van der Waals surface area contributed by atoms with Crippen molar-refractivity contribution in [3.8, 4) is 11.5 Å². The fourth-order valence-corrected chi connectivity index (χ4v) is 4.65. The van der Waals surface area contributed by atoms with Crippen LogP contribution < -0.4 is 14.8 Å². The van der Waals surface area contributed by atoms with Crippen molar-refractivity contribution in [1.82, 2.24) is 10.3 Å². The smallest absolute Gasteiger partial charge is 0.331 e. The molecule has 0 spiro atoms. The van der Waals surface area contributed by atoms with E-state index in [-0.39, 0.29) is 35.5 Å². The zero-order chi connectivity index (χ0) is 28.6. The summed E-state index contributed by atoms with van der Waals surface area (Å²) in [5, 5.41) is 2.59. The Morgan fingerprint density at radius 3 is 2.58 bits per heavy atom. The van der Waals surface area contributed by atoms with Gasteiger partial charge in [-0.05, 0) is 62.1 Å². The monoisotopic (exact) mass is 558 g/mol. The molecule has 1 N–H and O–H groups in total. The minimum atomic E-state index is -1.15. The Balaban J connectivity index is 1.50. The maximum Gasteiger partial charge on any atom is 0.331 e. The highest BCUT2D eigenvalue weighted by atomic mass is 19.1. The summed E-state index contributed by atoms with van der Waals surface area (Å²) < 4.78 is 41.8. The zero-order valence-corrected chi connectivity index (χ0v) is 22.9. The minimum Gasteiger partial charge on any atom is -0.493 e. The molecule has 1 saturated carbocycles. The van der Waals surface area contributed by atoms with E-state index in [0.717, 1.165) is 18.4 Å². The van der Waals surface area contributed by atoms with E-state index in [1.807, 2.05) is 0 Å². The number of cyclic esters (lactones) is 1. The number of hydrogen-bond donors (Lipinski definition) is 1. The number of amides is 1. The Hall–Kier alpha value is -3.57. The minimum absolute atomic E-state index is 0.0505. The molecule has 0 unspecified atom stereocenters. The first-order chi connectivity index (χ1) is 19.2. The van der Waals surface area contributed by atoms with E-state index in [2.05, 4.69) is 10.3 Å². The summed E-state index contributed by atoms with van der Waals surface area (Å²) in [5.74, 6) is -2.00. The van der Waals surface area contributed by atoms with E-state index in [0.29, 0.717) is 32.0 Å². The van der Waals surface area contributed by atoms with Crippen molar-refractivity contribution in [3.05, 3.63) is 53.6 Å². The second-order valence-electron chi connectivity index (χ2n) is 10.1.